The predicted octanol–water partition coefficient (Wildman–Crippen LogP) is 3.82. The molecule has 1 N–H and O–H groups in total. The molecule has 0 unspecified atom stereocenters. The molecule has 0 atom stereocenters. The van der Waals surface area contributed by atoms with Gasteiger partial charge in [-0.25, -0.2) is 4.98 Å². The normalized spacial score (nSPS) is 11.9. The van der Waals surface area contributed by atoms with Gasteiger partial charge in [-0.15, -0.1) is 0 Å². The van der Waals surface area contributed by atoms with Gasteiger partial charge in [0, 0.05) is 12.1 Å². The van der Waals surface area contributed by atoms with Crippen molar-refractivity contribution < 1.29 is 17.9 Å². The molecule has 2 aromatic rings. The number of alkyl halides is 3. The summed E-state index contributed by atoms with van der Waals surface area (Å²) in [4.78, 5) is 8.29. The first-order valence-electron chi connectivity index (χ1n) is 7.51. The third kappa shape index (κ3) is 4.72. The predicted molar refractivity (Wildman–Crippen MR) is 82.3 cm³/mol. The molecule has 1 heterocycles. The second-order valence-corrected chi connectivity index (χ2v) is 5.04. The van der Waals surface area contributed by atoms with E-state index in [1.165, 1.54) is 0 Å². The van der Waals surface area contributed by atoms with Gasteiger partial charge in [-0.1, -0.05) is 13.8 Å². The standard InChI is InChI=1S/C16H20F3N3O/c1-3-22(4-2)9-10-23-13-7-5-12(6-8-13)15-20-11-14(21-15)16(17,18)19/h5-8,11H,3-4,9-10H2,1-2H3,(H,20,21). The Morgan fingerprint density at radius 1 is 1.13 bits per heavy atom. The van der Waals surface area contributed by atoms with Crippen molar-refractivity contribution in [2.45, 2.75) is 20.0 Å². The number of imidazole rings is 1. The van der Waals surface area contributed by atoms with Crippen molar-refractivity contribution in [2.75, 3.05) is 26.2 Å². The van der Waals surface area contributed by atoms with Crippen molar-refractivity contribution in [3.05, 3.63) is 36.2 Å². The van der Waals surface area contributed by atoms with Crippen LogP contribution in [0.2, 0.25) is 0 Å². The van der Waals surface area contributed by atoms with Crippen LogP contribution in [0.5, 0.6) is 5.75 Å². The van der Waals surface area contributed by atoms with Crippen molar-refractivity contribution in [1.29, 1.82) is 0 Å². The zero-order chi connectivity index (χ0) is 16.9. The van der Waals surface area contributed by atoms with Crippen LogP contribution in [-0.4, -0.2) is 41.1 Å². The average Bonchev–Trinajstić information content (AvgIpc) is 3.02. The number of halogens is 3. The molecular weight excluding hydrogens is 307 g/mol. The lowest BCUT2D eigenvalue weighted by Gasteiger charge is -2.18. The van der Waals surface area contributed by atoms with E-state index in [4.69, 9.17) is 4.74 Å². The number of aromatic nitrogens is 2. The van der Waals surface area contributed by atoms with E-state index in [9.17, 15) is 13.2 Å². The topological polar surface area (TPSA) is 41.1 Å². The van der Waals surface area contributed by atoms with Crippen molar-refractivity contribution in [1.82, 2.24) is 14.9 Å². The van der Waals surface area contributed by atoms with E-state index in [1.54, 1.807) is 24.3 Å². The van der Waals surface area contributed by atoms with Crippen LogP contribution in [0.4, 0.5) is 13.2 Å². The minimum atomic E-state index is -4.42. The number of likely N-dealkylation sites (N-methyl/N-ethyl adjacent to an activating group) is 1. The van der Waals surface area contributed by atoms with Crippen molar-refractivity contribution in [2.24, 2.45) is 0 Å². The molecule has 4 nitrogen and oxygen atoms in total. The summed E-state index contributed by atoms with van der Waals surface area (Å²) in [6.07, 6.45) is -3.62. The minimum Gasteiger partial charge on any atom is -0.492 e. The molecule has 0 bridgehead atoms. The van der Waals surface area contributed by atoms with Crippen LogP contribution in [0.15, 0.2) is 30.5 Å². The number of nitrogens with one attached hydrogen (secondary N) is 1. The summed E-state index contributed by atoms with van der Waals surface area (Å²) in [7, 11) is 0. The first-order valence-corrected chi connectivity index (χ1v) is 7.51. The maximum absolute atomic E-state index is 12.5. The molecule has 126 valence electrons. The van der Waals surface area contributed by atoms with E-state index < -0.39 is 11.9 Å². The van der Waals surface area contributed by atoms with Crippen LogP contribution in [0.3, 0.4) is 0 Å². The number of rotatable bonds is 7. The van der Waals surface area contributed by atoms with E-state index >= 15 is 0 Å². The molecule has 0 aliphatic carbocycles. The Kier molecular flexibility index (Phi) is 5.65. The Hall–Kier alpha value is -2.02. The van der Waals surface area contributed by atoms with Gasteiger partial charge in [0.25, 0.3) is 0 Å². The fraction of sp³-hybridized carbons (Fsp3) is 0.438. The lowest BCUT2D eigenvalue weighted by atomic mass is 10.2. The highest BCUT2D eigenvalue weighted by Gasteiger charge is 2.33. The zero-order valence-corrected chi connectivity index (χ0v) is 13.2. The first kappa shape index (κ1) is 17.3. The fourth-order valence-corrected chi connectivity index (χ4v) is 2.15. The average molecular weight is 327 g/mol. The zero-order valence-electron chi connectivity index (χ0n) is 13.2. The van der Waals surface area contributed by atoms with Crippen LogP contribution in [0, 0.1) is 0 Å². The Morgan fingerprint density at radius 3 is 2.30 bits per heavy atom. The Bertz CT molecular complexity index is 604. The monoisotopic (exact) mass is 327 g/mol. The first-order chi connectivity index (χ1) is 10.9. The molecule has 0 radical (unpaired) electrons. The quantitative estimate of drug-likeness (QED) is 0.840. The van der Waals surface area contributed by atoms with Crippen LogP contribution < -0.4 is 4.74 Å². The number of hydrogen-bond donors (Lipinski definition) is 1. The van der Waals surface area contributed by atoms with Crippen molar-refractivity contribution in [3.63, 3.8) is 0 Å². The van der Waals surface area contributed by atoms with E-state index in [0.717, 1.165) is 25.8 Å². The molecule has 7 heteroatoms. The van der Waals surface area contributed by atoms with E-state index in [2.05, 4.69) is 28.7 Å². The summed E-state index contributed by atoms with van der Waals surface area (Å²) < 4.78 is 43.3. The summed E-state index contributed by atoms with van der Waals surface area (Å²) in [5.41, 5.74) is -0.274. The van der Waals surface area contributed by atoms with Gasteiger partial charge in [0.1, 0.15) is 23.9 Å². The maximum Gasteiger partial charge on any atom is 0.432 e. The SMILES string of the molecule is CCN(CC)CCOc1ccc(-c2ncc(C(F)(F)F)[nH]2)cc1. The van der Waals surface area contributed by atoms with Gasteiger partial charge in [-0.2, -0.15) is 13.2 Å². The number of aromatic amines is 1. The van der Waals surface area contributed by atoms with Gasteiger partial charge in [-0.3, -0.25) is 0 Å². The minimum absolute atomic E-state index is 0.187. The highest BCUT2D eigenvalue weighted by atomic mass is 19.4. The Balaban J connectivity index is 1.95. The van der Waals surface area contributed by atoms with Crippen molar-refractivity contribution in [3.8, 4) is 17.1 Å². The van der Waals surface area contributed by atoms with E-state index in [0.29, 0.717) is 17.9 Å². The van der Waals surface area contributed by atoms with Gasteiger partial charge in [0.2, 0.25) is 0 Å². The number of ether oxygens (including phenoxy) is 1. The summed E-state index contributed by atoms with van der Waals surface area (Å²) in [5.74, 6) is 0.871. The molecule has 0 fully saturated rings. The van der Waals surface area contributed by atoms with Crippen LogP contribution in [0.1, 0.15) is 19.5 Å². The molecule has 0 aliphatic rings. The third-order valence-corrected chi connectivity index (χ3v) is 3.58. The van der Waals surface area contributed by atoms with E-state index in [-0.39, 0.29) is 5.82 Å². The number of H-pyrrole nitrogens is 1. The van der Waals surface area contributed by atoms with Gasteiger partial charge < -0.3 is 14.6 Å². The van der Waals surface area contributed by atoms with Gasteiger partial charge in [0.15, 0.2) is 0 Å². The summed E-state index contributed by atoms with van der Waals surface area (Å²) in [6.45, 7) is 7.53. The second kappa shape index (κ2) is 7.50. The lowest BCUT2D eigenvalue weighted by Crippen LogP contribution is -2.27. The largest absolute Gasteiger partial charge is 0.492 e. The van der Waals surface area contributed by atoms with Gasteiger partial charge in [-0.05, 0) is 37.4 Å². The van der Waals surface area contributed by atoms with Crippen LogP contribution in [0.25, 0.3) is 11.4 Å². The molecule has 0 aliphatic heterocycles. The highest BCUT2D eigenvalue weighted by Crippen LogP contribution is 2.29. The van der Waals surface area contributed by atoms with Crippen LogP contribution in [-0.2, 0) is 6.18 Å². The Morgan fingerprint density at radius 2 is 1.78 bits per heavy atom. The molecular formula is C16H20F3N3O. The summed E-state index contributed by atoms with van der Waals surface area (Å²) >= 11 is 0. The number of hydrogen-bond acceptors (Lipinski definition) is 3. The maximum atomic E-state index is 12.5. The highest BCUT2D eigenvalue weighted by molar-refractivity contribution is 5.56. The van der Waals surface area contributed by atoms with Crippen LogP contribution >= 0.6 is 0 Å². The molecule has 0 amide bonds. The molecule has 1 aromatic carbocycles. The smallest absolute Gasteiger partial charge is 0.432 e. The molecule has 1 aromatic heterocycles. The third-order valence-electron chi connectivity index (χ3n) is 3.58. The number of nitrogens with zero attached hydrogens (tertiary/aromatic N) is 2. The summed E-state index contributed by atoms with van der Waals surface area (Å²) in [5, 5.41) is 0. The summed E-state index contributed by atoms with van der Waals surface area (Å²) in [6, 6.07) is 6.83. The molecule has 2 rings (SSSR count). The van der Waals surface area contributed by atoms with E-state index in [1.807, 2.05) is 0 Å². The van der Waals surface area contributed by atoms with Crippen molar-refractivity contribution >= 4 is 0 Å². The lowest BCUT2D eigenvalue weighted by molar-refractivity contribution is -0.140. The molecule has 0 spiro atoms. The molecule has 0 saturated heterocycles. The Labute approximate surface area is 133 Å². The second-order valence-electron chi connectivity index (χ2n) is 5.04. The van der Waals surface area contributed by atoms with Gasteiger partial charge >= 0.3 is 6.18 Å². The number of benzene rings is 1. The molecule has 23 heavy (non-hydrogen) atoms. The molecule has 0 saturated carbocycles. The van der Waals surface area contributed by atoms with Gasteiger partial charge in [0.05, 0.1) is 6.20 Å². The fourth-order valence-electron chi connectivity index (χ4n) is 2.15.